The summed E-state index contributed by atoms with van der Waals surface area (Å²) in [5, 5.41) is 3.54. The van der Waals surface area contributed by atoms with Crippen LogP contribution < -0.4 is 5.32 Å². The zero-order valence-corrected chi connectivity index (χ0v) is 12.8. The zero-order valence-electron chi connectivity index (χ0n) is 12.8. The van der Waals surface area contributed by atoms with Crippen molar-refractivity contribution in [2.45, 2.75) is 19.3 Å². The van der Waals surface area contributed by atoms with Crippen LogP contribution in [0.3, 0.4) is 0 Å². The Kier molecular flexibility index (Phi) is 4.33. The van der Waals surface area contributed by atoms with E-state index < -0.39 is 0 Å². The van der Waals surface area contributed by atoms with Crippen molar-refractivity contribution >= 4 is 22.5 Å². The standard InChI is InChI=1S/C19H17FN2O/c1-2-17(13-6-4-3-5-7-13)19(23)22-16-11-14-10-15(20)8-9-18(14)21-12-16/h3-12,17H,2H2,1H3,(H,22,23)/t17-/m1/s1. The Morgan fingerprint density at radius 2 is 1.96 bits per heavy atom. The van der Waals surface area contributed by atoms with Gasteiger partial charge in [-0.15, -0.1) is 0 Å². The number of hydrogen-bond acceptors (Lipinski definition) is 2. The van der Waals surface area contributed by atoms with Gasteiger partial charge in [0.15, 0.2) is 0 Å². The largest absolute Gasteiger partial charge is 0.324 e. The van der Waals surface area contributed by atoms with Gasteiger partial charge < -0.3 is 5.32 Å². The van der Waals surface area contributed by atoms with Gasteiger partial charge in [0.2, 0.25) is 5.91 Å². The van der Waals surface area contributed by atoms with Crippen LogP contribution in [0.2, 0.25) is 0 Å². The van der Waals surface area contributed by atoms with Crippen LogP contribution in [0.5, 0.6) is 0 Å². The van der Waals surface area contributed by atoms with Crippen LogP contribution in [-0.2, 0) is 4.79 Å². The molecule has 0 aliphatic carbocycles. The molecule has 1 amide bonds. The lowest BCUT2D eigenvalue weighted by Gasteiger charge is -2.15. The zero-order chi connectivity index (χ0) is 16.2. The van der Waals surface area contributed by atoms with Crippen molar-refractivity contribution in [1.82, 2.24) is 4.98 Å². The lowest BCUT2D eigenvalue weighted by Crippen LogP contribution is -2.20. The quantitative estimate of drug-likeness (QED) is 0.770. The Labute approximate surface area is 134 Å². The Hall–Kier alpha value is -2.75. The third-order valence-corrected chi connectivity index (χ3v) is 3.84. The van der Waals surface area contributed by atoms with E-state index in [0.717, 1.165) is 5.56 Å². The first-order valence-electron chi connectivity index (χ1n) is 7.58. The monoisotopic (exact) mass is 308 g/mol. The summed E-state index contributed by atoms with van der Waals surface area (Å²) in [6, 6.07) is 15.8. The summed E-state index contributed by atoms with van der Waals surface area (Å²) in [6.45, 7) is 1.98. The van der Waals surface area contributed by atoms with Crippen LogP contribution in [0, 0.1) is 5.82 Å². The highest BCUT2D eigenvalue weighted by molar-refractivity contribution is 5.97. The van der Waals surface area contributed by atoms with Crippen LogP contribution in [-0.4, -0.2) is 10.9 Å². The van der Waals surface area contributed by atoms with E-state index in [0.29, 0.717) is 23.0 Å². The first kappa shape index (κ1) is 15.2. The number of benzene rings is 2. The fraction of sp³-hybridized carbons (Fsp3) is 0.158. The molecular formula is C19H17FN2O. The molecule has 1 aromatic heterocycles. The van der Waals surface area contributed by atoms with Gasteiger partial charge in [0.25, 0.3) is 0 Å². The number of aromatic nitrogens is 1. The third kappa shape index (κ3) is 3.37. The molecular weight excluding hydrogens is 291 g/mol. The molecule has 0 saturated heterocycles. The summed E-state index contributed by atoms with van der Waals surface area (Å²) in [7, 11) is 0. The Balaban J connectivity index is 1.84. The van der Waals surface area contributed by atoms with Crippen molar-refractivity contribution in [3.63, 3.8) is 0 Å². The van der Waals surface area contributed by atoms with Gasteiger partial charge in [-0.1, -0.05) is 37.3 Å². The highest BCUT2D eigenvalue weighted by Gasteiger charge is 2.18. The maximum Gasteiger partial charge on any atom is 0.231 e. The molecule has 0 aliphatic heterocycles. The van der Waals surface area contributed by atoms with Crippen molar-refractivity contribution in [3.05, 3.63) is 72.2 Å². The Morgan fingerprint density at radius 3 is 2.70 bits per heavy atom. The molecule has 3 rings (SSSR count). The average Bonchev–Trinajstić information content (AvgIpc) is 2.56. The fourth-order valence-corrected chi connectivity index (χ4v) is 2.66. The first-order valence-corrected chi connectivity index (χ1v) is 7.58. The van der Waals surface area contributed by atoms with Crippen molar-refractivity contribution in [3.8, 4) is 0 Å². The number of halogens is 1. The van der Waals surface area contributed by atoms with E-state index in [2.05, 4.69) is 10.3 Å². The highest BCUT2D eigenvalue weighted by atomic mass is 19.1. The van der Waals surface area contributed by atoms with E-state index in [1.807, 2.05) is 37.3 Å². The second-order valence-corrected chi connectivity index (χ2v) is 5.42. The van der Waals surface area contributed by atoms with Crippen LogP contribution in [0.4, 0.5) is 10.1 Å². The molecule has 23 heavy (non-hydrogen) atoms. The van der Waals surface area contributed by atoms with Gasteiger partial charge in [-0.3, -0.25) is 9.78 Å². The normalized spacial score (nSPS) is 12.1. The van der Waals surface area contributed by atoms with Crippen molar-refractivity contribution in [2.75, 3.05) is 5.32 Å². The van der Waals surface area contributed by atoms with E-state index in [1.54, 1.807) is 18.3 Å². The summed E-state index contributed by atoms with van der Waals surface area (Å²) < 4.78 is 13.3. The molecule has 0 spiro atoms. The molecule has 0 aliphatic rings. The summed E-state index contributed by atoms with van der Waals surface area (Å²) in [6.07, 6.45) is 2.29. The van der Waals surface area contributed by atoms with Crippen LogP contribution in [0.25, 0.3) is 10.9 Å². The number of hydrogen-bond donors (Lipinski definition) is 1. The predicted molar refractivity (Wildman–Crippen MR) is 89.8 cm³/mol. The minimum Gasteiger partial charge on any atom is -0.324 e. The van der Waals surface area contributed by atoms with Gasteiger partial charge in [0, 0.05) is 5.39 Å². The second-order valence-electron chi connectivity index (χ2n) is 5.42. The molecule has 1 heterocycles. The van der Waals surface area contributed by atoms with E-state index >= 15 is 0 Å². The molecule has 116 valence electrons. The fourth-order valence-electron chi connectivity index (χ4n) is 2.66. The maximum absolute atomic E-state index is 13.3. The molecule has 0 bridgehead atoms. The number of carbonyl (C=O) groups excluding carboxylic acids is 1. The number of rotatable bonds is 4. The number of amides is 1. The minimum atomic E-state index is -0.321. The summed E-state index contributed by atoms with van der Waals surface area (Å²) >= 11 is 0. The SMILES string of the molecule is CC[C@@H](C(=O)Nc1cnc2ccc(F)cc2c1)c1ccccc1. The predicted octanol–water partition coefficient (Wildman–Crippen LogP) is 4.51. The van der Waals surface area contributed by atoms with Gasteiger partial charge in [-0.2, -0.15) is 0 Å². The first-order chi connectivity index (χ1) is 11.2. The number of anilines is 1. The molecule has 0 unspecified atom stereocenters. The van der Waals surface area contributed by atoms with Gasteiger partial charge >= 0.3 is 0 Å². The van der Waals surface area contributed by atoms with Crippen LogP contribution >= 0.6 is 0 Å². The molecule has 0 fully saturated rings. The lowest BCUT2D eigenvalue weighted by atomic mass is 9.95. The summed E-state index contributed by atoms with van der Waals surface area (Å²) in [4.78, 5) is 16.8. The Morgan fingerprint density at radius 1 is 1.17 bits per heavy atom. The van der Waals surface area contributed by atoms with Gasteiger partial charge in [-0.25, -0.2) is 4.39 Å². The molecule has 1 N–H and O–H groups in total. The lowest BCUT2D eigenvalue weighted by molar-refractivity contribution is -0.117. The summed E-state index contributed by atoms with van der Waals surface area (Å²) in [5.74, 6) is -0.630. The van der Waals surface area contributed by atoms with Gasteiger partial charge in [0.1, 0.15) is 5.82 Å². The molecule has 3 nitrogen and oxygen atoms in total. The van der Waals surface area contributed by atoms with E-state index in [-0.39, 0.29) is 17.6 Å². The highest BCUT2D eigenvalue weighted by Crippen LogP contribution is 2.23. The smallest absolute Gasteiger partial charge is 0.231 e. The van der Waals surface area contributed by atoms with Gasteiger partial charge in [0.05, 0.1) is 23.3 Å². The Bertz CT molecular complexity index is 833. The number of pyridine rings is 1. The maximum atomic E-state index is 13.3. The third-order valence-electron chi connectivity index (χ3n) is 3.84. The van der Waals surface area contributed by atoms with Crippen molar-refractivity contribution in [1.29, 1.82) is 0 Å². The van der Waals surface area contributed by atoms with Gasteiger partial charge in [-0.05, 0) is 36.2 Å². The van der Waals surface area contributed by atoms with Crippen LogP contribution in [0.1, 0.15) is 24.8 Å². The van der Waals surface area contributed by atoms with Crippen LogP contribution in [0.15, 0.2) is 60.8 Å². The topological polar surface area (TPSA) is 42.0 Å². The van der Waals surface area contributed by atoms with E-state index in [1.165, 1.54) is 12.1 Å². The number of fused-ring (bicyclic) bond motifs is 1. The number of nitrogens with zero attached hydrogens (tertiary/aromatic N) is 1. The van der Waals surface area contributed by atoms with E-state index in [4.69, 9.17) is 0 Å². The molecule has 4 heteroatoms. The second kappa shape index (κ2) is 6.57. The molecule has 2 aromatic carbocycles. The molecule has 0 saturated carbocycles. The molecule has 0 radical (unpaired) electrons. The minimum absolute atomic E-state index is 0.0868. The number of nitrogens with one attached hydrogen (secondary N) is 1. The van der Waals surface area contributed by atoms with E-state index in [9.17, 15) is 9.18 Å². The molecule has 1 atom stereocenters. The van der Waals surface area contributed by atoms with Crippen molar-refractivity contribution in [2.24, 2.45) is 0 Å². The summed E-state index contributed by atoms with van der Waals surface area (Å²) in [5.41, 5.74) is 2.24. The number of carbonyl (C=O) groups is 1. The van der Waals surface area contributed by atoms with Crippen molar-refractivity contribution < 1.29 is 9.18 Å². The molecule has 3 aromatic rings. The average molecular weight is 308 g/mol.